The van der Waals surface area contributed by atoms with Gasteiger partial charge < -0.3 is 15.0 Å². The standard InChI is InChI=1S/C31H32N8O3.3ClH/c40-30-26-24(2-1-3-25(26)33-31(41)36-39-16-18-42-19-17-39)29-27(30)28(34-35-29)22-6-4-21(5-7-22)20-37-12-14-38(15-13-37)23-8-10-32-11-9-23;;;/h1-11H,12-20H2,(H,34,35)(H2,33,36,41);3*1H. The number of carbonyl (C=O) groups is 2. The number of pyridine rings is 1. The number of urea groups is 1. The van der Waals surface area contributed by atoms with Crippen molar-refractivity contribution in [2.45, 2.75) is 6.54 Å². The average Bonchev–Trinajstić information content (AvgIpc) is 3.59. The van der Waals surface area contributed by atoms with E-state index in [-0.39, 0.29) is 49.0 Å². The van der Waals surface area contributed by atoms with Crippen molar-refractivity contribution in [2.24, 2.45) is 0 Å². The van der Waals surface area contributed by atoms with Crippen molar-refractivity contribution in [3.8, 4) is 22.5 Å². The lowest BCUT2D eigenvalue weighted by Crippen LogP contribution is -2.49. The number of piperazine rings is 1. The van der Waals surface area contributed by atoms with E-state index in [4.69, 9.17) is 4.74 Å². The minimum atomic E-state index is -0.388. The molecule has 45 heavy (non-hydrogen) atoms. The highest BCUT2D eigenvalue weighted by atomic mass is 35.5. The molecule has 2 aromatic heterocycles. The Morgan fingerprint density at radius 1 is 0.867 bits per heavy atom. The summed E-state index contributed by atoms with van der Waals surface area (Å²) >= 11 is 0. The van der Waals surface area contributed by atoms with Gasteiger partial charge in [-0.2, -0.15) is 5.10 Å². The lowest BCUT2D eigenvalue weighted by Gasteiger charge is -2.36. The summed E-state index contributed by atoms with van der Waals surface area (Å²) in [5.74, 6) is -0.151. The normalized spacial score (nSPS) is 16.0. The number of hydrazine groups is 1. The summed E-state index contributed by atoms with van der Waals surface area (Å²) in [4.78, 5) is 35.4. The molecule has 11 nitrogen and oxygen atoms in total. The second kappa shape index (κ2) is 15.0. The average molecular weight is 674 g/mol. The molecule has 4 aromatic rings. The molecule has 2 saturated heterocycles. The number of H-pyrrole nitrogens is 1. The molecule has 3 aliphatic rings. The zero-order valence-corrected chi connectivity index (χ0v) is 26.8. The van der Waals surface area contributed by atoms with Crippen molar-refractivity contribution in [3.05, 3.63) is 83.7 Å². The van der Waals surface area contributed by atoms with Crippen LogP contribution in [0.3, 0.4) is 0 Å². The summed E-state index contributed by atoms with van der Waals surface area (Å²) in [6.07, 6.45) is 3.68. The van der Waals surface area contributed by atoms with Crippen LogP contribution in [0.15, 0.2) is 67.0 Å². The SMILES string of the molecule is Cl.Cl.Cl.O=C(Nc1cccc2c1C(=O)c1c(-c3ccc(CN4CCN(c5ccncc5)CC4)cc3)n[nH]c1-2)NN1CCOCC1. The van der Waals surface area contributed by atoms with Crippen LogP contribution < -0.4 is 15.6 Å². The first-order chi connectivity index (χ1) is 20.6. The van der Waals surface area contributed by atoms with Gasteiger partial charge >= 0.3 is 6.03 Å². The maximum atomic E-state index is 13.7. The van der Waals surface area contributed by atoms with E-state index >= 15 is 0 Å². The number of nitrogens with zero attached hydrogens (tertiary/aromatic N) is 5. The van der Waals surface area contributed by atoms with Gasteiger partial charge in [0.05, 0.1) is 35.7 Å². The molecule has 2 amide bonds. The Bertz CT molecular complexity index is 1610. The predicted octanol–water partition coefficient (Wildman–Crippen LogP) is 4.64. The molecule has 2 aliphatic heterocycles. The van der Waals surface area contributed by atoms with E-state index in [0.717, 1.165) is 43.9 Å². The smallest absolute Gasteiger partial charge is 0.333 e. The molecule has 0 unspecified atom stereocenters. The van der Waals surface area contributed by atoms with E-state index < -0.39 is 0 Å². The molecular weight excluding hydrogens is 639 g/mol. The minimum absolute atomic E-state index is 0. The van der Waals surface area contributed by atoms with E-state index in [1.54, 1.807) is 11.1 Å². The maximum Gasteiger partial charge on any atom is 0.333 e. The lowest BCUT2D eigenvalue weighted by atomic mass is 10.0. The second-order valence-electron chi connectivity index (χ2n) is 10.7. The Balaban J connectivity index is 0.00000154. The fourth-order valence-electron chi connectivity index (χ4n) is 5.92. The molecule has 14 heteroatoms. The van der Waals surface area contributed by atoms with Crippen LogP contribution in [0, 0.1) is 0 Å². The fraction of sp³-hybridized carbons (Fsp3) is 0.290. The summed E-state index contributed by atoms with van der Waals surface area (Å²) in [6, 6.07) is 17.5. The molecule has 0 bridgehead atoms. The molecule has 7 rings (SSSR count). The number of benzene rings is 2. The number of aromatic nitrogens is 3. The zero-order valence-electron chi connectivity index (χ0n) is 24.4. The van der Waals surface area contributed by atoms with Crippen LogP contribution in [-0.4, -0.2) is 89.4 Å². The molecule has 2 fully saturated rings. The van der Waals surface area contributed by atoms with E-state index in [1.165, 1.54) is 11.3 Å². The first-order valence-corrected chi connectivity index (χ1v) is 14.3. The number of hydrogen-bond donors (Lipinski definition) is 3. The van der Waals surface area contributed by atoms with E-state index in [1.807, 2.05) is 36.7 Å². The second-order valence-corrected chi connectivity index (χ2v) is 10.7. The van der Waals surface area contributed by atoms with Crippen LogP contribution in [0.1, 0.15) is 21.5 Å². The van der Waals surface area contributed by atoms with Crippen molar-refractivity contribution in [1.29, 1.82) is 0 Å². The van der Waals surface area contributed by atoms with Crippen molar-refractivity contribution >= 4 is 60.4 Å². The number of rotatable bonds is 6. The number of nitrogens with one attached hydrogen (secondary N) is 3. The van der Waals surface area contributed by atoms with Gasteiger partial charge in [-0.25, -0.2) is 9.80 Å². The Morgan fingerprint density at radius 2 is 1.58 bits per heavy atom. The van der Waals surface area contributed by atoms with Gasteiger partial charge in [0.2, 0.25) is 0 Å². The number of amides is 2. The van der Waals surface area contributed by atoms with E-state index in [2.05, 4.69) is 60.0 Å². The predicted molar refractivity (Wildman–Crippen MR) is 181 cm³/mol. The minimum Gasteiger partial charge on any atom is -0.379 e. The Morgan fingerprint density at radius 3 is 2.29 bits per heavy atom. The molecule has 2 aromatic carbocycles. The largest absolute Gasteiger partial charge is 0.379 e. The Hall–Kier alpha value is -3.71. The monoisotopic (exact) mass is 672 g/mol. The zero-order chi connectivity index (χ0) is 28.5. The van der Waals surface area contributed by atoms with Crippen LogP contribution in [0.4, 0.5) is 16.2 Å². The molecule has 4 heterocycles. The Labute approximate surface area is 279 Å². The van der Waals surface area contributed by atoms with Crippen molar-refractivity contribution in [1.82, 2.24) is 30.5 Å². The molecule has 1 aliphatic carbocycles. The van der Waals surface area contributed by atoms with Gasteiger partial charge in [0.25, 0.3) is 0 Å². The summed E-state index contributed by atoms with van der Waals surface area (Å²) in [6.45, 7) is 7.17. The highest BCUT2D eigenvalue weighted by Crippen LogP contribution is 2.43. The van der Waals surface area contributed by atoms with Gasteiger partial charge in [-0.1, -0.05) is 36.4 Å². The van der Waals surface area contributed by atoms with Gasteiger partial charge in [-0.05, 0) is 23.8 Å². The number of ketones is 1. The third kappa shape index (κ3) is 7.09. The highest BCUT2D eigenvalue weighted by molar-refractivity contribution is 6.26. The van der Waals surface area contributed by atoms with Crippen LogP contribution >= 0.6 is 37.2 Å². The maximum absolute atomic E-state index is 13.7. The summed E-state index contributed by atoms with van der Waals surface area (Å²) in [5.41, 5.74) is 9.66. The molecular formula is C31H35Cl3N8O3. The third-order valence-corrected chi connectivity index (χ3v) is 8.11. The molecule has 0 saturated carbocycles. The first kappa shape index (κ1) is 34.2. The van der Waals surface area contributed by atoms with Crippen LogP contribution in [-0.2, 0) is 11.3 Å². The van der Waals surface area contributed by atoms with Crippen LogP contribution in [0.25, 0.3) is 22.5 Å². The summed E-state index contributed by atoms with van der Waals surface area (Å²) < 4.78 is 5.33. The number of hydrogen-bond acceptors (Lipinski definition) is 8. The summed E-state index contributed by atoms with van der Waals surface area (Å²) in [5, 5.41) is 12.3. The van der Waals surface area contributed by atoms with Crippen LogP contribution in [0.5, 0.6) is 0 Å². The fourth-order valence-corrected chi connectivity index (χ4v) is 5.92. The molecule has 0 atom stereocenters. The lowest BCUT2D eigenvalue weighted by molar-refractivity contribution is 0.0207. The number of carbonyl (C=O) groups excluding carboxylic acids is 2. The number of halogens is 3. The number of morpholine rings is 1. The number of aromatic amines is 1. The number of ether oxygens (including phenoxy) is 1. The topological polar surface area (TPSA) is 119 Å². The highest BCUT2D eigenvalue weighted by Gasteiger charge is 2.35. The molecule has 0 radical (unpaired) electrons. The van der Waals surface area contributed by atoms with Gasteiger partial charge in [0.1, 0.15) is 5.69 Å². The van der Waals surface area contributed by atoms with Gasteiger partial charge in [-0.15, -0.1) is 37.2 Å². The number of anilines is 2. The van der Waals surface area contributed by atoms with Crippen molar-refractivity contribution in [2.75, 3.05) is 62.7 Å². The quantitative estimate of drug-likeness (QED) is 0.239. The van der Waals surface area contributed by atoms with Crippen molar-refractivity contribution in [3.63, 3.8) is 0 Å². The van der Waals surface area contributed by atoms with E-state index in [9.17, 15) is 9.59 Å². The molecule has 238 valence electrons. The number of fused-ring (bicyclic) bond motifs is 3. The van der Waals surface area contributed by atoms with Gasteiger partial charge in [0, 0.05) is 75.0 Å². The first-order valence-electron chi connectivity index (χ1n) is 14.3. The van der Waals surface area contributed by atoms with Gasteiger partial charge in [0.15, 0.2) is 5.78 Å². The van der Waals surface area contributed by atoms with Crippen LogP contribution in [0.2, 0.25) is 0 Å². The Kier molecular flexibility index (Phi) is 11.4. The third-order valence-electron chi connectivity index (χ3n) is 8.11. The van der Waals surface area contributed by atoms with E-state index in [0.29, 0.717) is 54.5 Å². The molecule has 0 spiro atoms. The summed E-state index contributed by atoms with van der Waals surface area (Å²) in [7, 11) is 0. The molecule has 3 N–H and O–H groups in total. The van der Waals surface area contributed by atoms with Gasteiger partial charge in [-0.3, -0.25) is 25.2 Å². The van der Waals surface area contributed by atoms with Crippen molar-refractivity contribution < 1.29 is 14.3 Å².